The summed E-state index contributed by atoms with van der Waals surface area (Å²) < 4.78 is 42.7. The number of halogens is 1. The Hall–Kier alpha value is -3.20. The van der Waals surface area contributed by atoms with E-state index in [2.05, 4.69) is 10.6 Å². The number of hydrogen-bond donors (Lipinski definition) is 2. The molecule has 0 bridgehead atoms. The minimum Gasteiger partial charge on any atom is -0.451 e. The molecule has 0 radical (unpaired) electrons. The number of carbonyl (C=O) groups is 2. The van der Waals surface area contributed by atoms with Gasteiger partial charge in [-0.1, -0.05) is 24.3 Å². The summed E-state index contributed by atoms with van der Waals surface area (Å²) in [6.07, 6.45) is 1.08. The van der Waals surface area contributed by atoms with Crippen LogP contribution in [-0.4, -0.2) is 39.6 Å². The van der Waals surface area contributed by atoms with Gasteiger partial charge in [-0.25, -0.2) is 12.8 Å². The molecule has 0 aliphatic carbocycles. The van der Waals surface area contributed by atoms with E-state index in [0.29, 0.717) is 22.1 Å². The van der Waals surface area contributed by atoms with E-state index < -0.39 is 27.5 Å². The van der Waals surface area contributed by atoms with Crippen LogP contribution in [0.2, 0.25) is 0 Å². The predicted molar refractivity (Wildman–Crippen MR) is 111 cm³/mol. The van der Waals surface area contributed by atoms with Gasteiger partial charge in [0, 0.05) is 35.9 Å². The third-order valence-electron chi connectivity index (χ3n) is 4.44. The molecule has 0 atom stereocenters. The second-order valence-electron chi connectivity index (χ2n) is 6.95. The van der Waals surface area contributed by atoms with Gasteiger partial charge in [0.2, 0.25) is 0 Å². The molecule has 0 aliphatic heterocycles. The molecule has 7 nitrogen and oxygen atoms in total. The van der Waals surface area contributed by atoms with Crippen LogP contribution in [0.25, 0.3) is 11.0 Å². The fourth-order valence-corrected chi connectivity index (χ4v) is 3.77. The smallest absolute Gasteiger partial charge is 0.287 e. The average molecular weight is 432 g/mol. The molecule has 2 amide bonds. The summed E-state index contributed by atoms with van der Waals surface area (Å²) in [5.74, 6) is -1.93. The Bertz CT molecular complexity index is 1220. The van der Waals surface area contributed by atoms with Crippen molar-refractivity contribution in [2.75, 3.05) is 19.3 Å². The number of aryl methyl sites for hydroxylation is 1. The van der Waals surface area contributed by atoms with Crippen LogP contribution < -0.4 is 10.6 Å². The van der Waals surface area contributed by atoms with Gasteiger partial charge in [-0.15, -0.1) is 0 Å². The summed E-state index contributed by atoms with van der Waals surface area (Å²) in [5, 5.41) is 5.74. The molecular formula is C21H21FN2O5S. The zero-order chi connectivity index (χ0) is 21.9. The van der Waals surface area contributed by atoms with Crippen molar-refractivity contribution < 1.29 is 26.8 Å². The molecule has 0 unspecified atom stereocenters. The van der Waals surface area contributed by atoms with Gasteiger partial charge >= 0.3 is 0 Å². The van der Waals surface area contributed by atoms with Crippen molar-refractivity contribution in [3.63, 3.8) is 0 Å². The first-order chi connectivity index (χ1) is 14.2. The first-order valence-electron chi connectivity index (χ1n) is 9.16. The van der Waals surface area contributed by atoms with Crippen LogP contribution in [0.15, 0.2) is 46.9 Å². The molecule has 0 fully saturated rings. The summed E-state index contributed by atoms with van der Waals surface area (Å²) in [7, 11) is -3.40. The topological polar surface area (TPSA) is 105 Å². The van der Waals surface area contributed by atoms with Gasteiger partial charge in [-0.3, -0.25) is 9.59 Å². The zero-order valence-electron chi connectivity index (χ0n) is 16.5. The van der Waals surface area contributed by atoms with E-state index in [0.717, 1.165) is 12.3 Å². The first-order valence-corrected chi connectivity index (χ1v) is 11.2. The minimum absolute atomic E-state index is 0.0754. The molecule has 3 aromatic rings. The van der Waals surface area contributed by atoms with Crippen LogP contribution in [0.1, 0.15) is 32.0 Å². The Morgan fingerprint density at radius 3 is 2.37 bits per heavy atom. The lowest BCUT2D eigenvalue weighted by molar-refractivity contribution is 0.0911. The number of furan rings is 1. The van der Waals surface area contributed by atoms with Crippen molar-refractivity contribution in [1.82, 2.24) is 10.6 Å². The first kappa shape index (κ1) is 21.5. The highest BCUT2D eigenvalue weighted by Crippen LogP contribution is 2.27. The molecular weight excluding hydrogens is 411 g/mol. The summed E-state index contributed by atoms with van der Waals surface area (Å²) in [6.45, 7) is 1.78. The molecule has 2 aromatic carbocycles. The van der Waals surface area contributed by atoms with Gasteiger partial charge in [0.05, 0.1) is 5.75 Å². The van der Waals surface area contributed by atoms with Crippen LogP contribution in [0.4, 0.5) is 4.39 Å². The van der Waals surface area contributed by atoms with Crippen molar-refractivity contribution in [3.05, 3.63) is 70.7 Å². The summed E-state index contributed by atoms with van der Waals surface area (Å²) >= 11 is 0. The number of amides is 2. The second-order valence-corrected chi connectivity index (χ2v) is 9.09. The molecule has 158 valence electrons. The van der Waals surface area contributed by atoms with Crippen molar-refractivity contribution in [2.24, 2.45) is 0 Å². The zero-order valence-corrected chi connectivity index (χ0v) is 17.3. The highest BCUT2D eigenvalue weighted by Gasteiger charge is 2.23. The lowest BCUT2D eigenvalue weighted by Crippen LogP contribution is -2.35. The molecule has 3 rings (SSSR count). The fraction of sp³-hybridized carbons (Fsp3) is 0.238. The van der Waals surface area contributed by atoms with E-state index in [1.165, 1.54) is 12.1 Å². The SMILES string of the molecule is Cc1ccc(C(=O)NCCNC(=O)c2oc3ccccc3c2CS(C)(=O)=O)cc1F. The van der Waals surface area contributed by atoms with E-state index >= 15 is 0 Å². The monoisotopic (exact) mass is 432 g/mol. The maximum absolute atomic E-state index is 13.6. The van der Waals surface area contributed by atoms with Crippen LogP contribution in [0.5, 0.6) is 0 Å². The third kappa shape index (κ3) is 5.04. The van der Waals surface area contributed by atoms with E-state index in [1.54, 1.807) is 31.2 Å². The second kappa shape index (κ2) is 8.66. The van der Waals surface area contributed by atoms with E-state index in [9.17, 15) is 22.4 Å². The normalized spacial score (nSPS) is 11.4. The average Bonchev–Trinajstić information content (AvgIpc) is 3.04. The quantitative estimate of drug-likeness (QED) is 0.559. The van der Waals surface area contributed by atoms with Crippen molar-refractivity contribution in [3.8, 4) is 0 Å². The highest BCUT2D eigenvalue weighted by atomic mass is 32.2. The number of rotatable bonds is 7. The molecule has 9 heteroatoms. The van der Waals surface area contributed by atoms with E-state index in [4.69, 9.17) is 4.42 Å². The van der Waals surface area contributed by atoms with Crippen molar-refractivity contribution in [2.45, 2.75) is 12.7 Å². The van der Waals surface area contributed by atoms with E-state index in [1.807, 2.05) is 0 Å². The lowest BCUT2D eigenvalue weighted by atomic mass is 10.1. The molecule has 0 saturated heterocycles. The molecule has 1 heterocycles. The number of carbonyl (C=O) groups excluding carboxylic acids is 2. The Balaban J connectivity index is 1.65. The molecule has 30 heavy (non-hydrogen) atoms. The largest absolute Gasteiger partial charge is 0.451 e. The van der Waals surface area contributed by atoms with Crippen LogP contribution in [0, 0.1) is 12.7 Å². The molecule has 1 aromatic heterocycles. The van der Waals surface area contributed by atoms with Crippen LogP contribution in [0.3, 0.4) is 0 Å². The van der Waals surface area contributed by atoms with Crippen molar-refractivity contribution in [1.29, 1.82) is 0 Å². The number of fused-ring (bicyclic) bond motifs is 1. The maximum atomic E-state index is 13.6. The standard InChI is InChI=1S/C21H21FN2O5S/c1-13-7-8-14(11-17(13)22)20(25)23-9-10-24-21(26)19-16(12-30(2,27)28)15-5-3-4-6-18(15)29-19/h3-8,11H,9-10,12H2,1-2H3,(H,23,25)(H,24,26). The predicted octanol–water partition coefficient (Wildman–Crippen LogP) is 2.58. The molecule has 0 spiro atoms. The Kier molecular flexibility index (Phi) is 6.21. The van der Waals surface area contributed by atoms with Gasteiger partial charge < -0.3 is 15.1 Å². The highest BCUT2D eigenvalue weighted by molar-refractivity contribution is 7.89. The van der Waals surface area contributed by atoms with Gasteiger partial charge in [0.1, 0.15) is 11.4 Å². The van der Waals surface area contributed by atoms with Gasteiger partial charge in [0.15, 0.2) is 15.6 Å². The Morgan fingerprint density at radius 2 is 1.70 bits per heavy atom. The number of benzene rings is 2. The number of sulfone groups is 1. The number of hydrogen-bond acceptors (Lipinski definition) is 5. The molecule has 2 N–H and O–H groups in total. The van der Waals surface area contributed by atoms with Crippen LogP contribution >= 0.6 is 0 Å². The minimum atomic E-state index is -3.40. The van der Waals surface area contributed by atoms with Gasteiger partial charge in [-0.2, -0.15) is 0 Å². The van der Waals surface area contributed by atoms with Gasteiger partial charge in [0.25, 0.3) is 11.8 Å². The lowest BCUT2D eigenvalue weighted by Gasteiger charge is -2.08. The number of para-hydroxylation sites is 1. The molecule has 0 aliphatic rings. The van der Waals surface area contributed by atoms with Crippen LogP contribution in [-0.2, 0) is 15.6 Å². The van der Waals surface area contributed by atoms with Crippen molar-refractivity contribution >= 4 is 32.6 Å². The third-order valence-corrected chi connectivity index (χ3v) is 5.25. The molecule has 0 saturated carbocycles. The van der Waals surface area contributed by atoms with Gasteiger partial charge in [-0.05, 0) is 30.7 Å². The Morgan fingerprint density at radius 1 is 1.03 bits per heavy atom. The summed E-state index contributed by atoms with van der Waals surface area (Å²) in [5.41, 5.74) is 1.33. The maximum Gasteiger partial charge on any atom is 0.287 e. The van der Waals surface area contributed by atoms with E-state index in [-0.39, 0.29) is 30.2 Å². The number of nitrogens with one attached hydrogen (secondary N) is 2. The summed E-state index contributed by atoms with van der Waals surface area (Å²) in [6, 6.07) is 11.0. The summed E-state index contributed by atoms with van der Waals surface area (Å²) in [4.78, 5) is 24.6. The fourth-order valence-electron chi connectivity index (χ4n) is 2.96. The Labute approximate surface area is 173 Å².